The van der Waals surface area contributed by atoms with E-state index in [9.17, 15) is 22.8 Å². The van der Waals surface area contributed by atoms with E-state index in [0.29, 0.717) is 32.6 Å². The second-order valence-electron chi connectivity index (χ2n) is 8.87. The molecule has 0 saturated carbocycles. The Morgan fingerprint density at radius 2 is 1.87 bits per heavy atom. The molecule has 4 aromatic rings. The maximum absolute atomic E-state index is 13.5. The van der Waals surface area contributed by atoms with Crippen LogP contribution in [0.25, 0.3) is 16.3 Å². The first-order valence-electron chi connectivity index (χ1n) is 11.3. The molecule has 0 aliphatic carbocycles. The Bertz CT molecular complexity index is 1490. The van der Waals surface area contributed by atoms with Crippen LogP contribution < -0.4 is 10.6 Å². The van der Waals surface area contributed by atoms with Gasteiger partial charge in [0.1, 0.15) is 5.69 Å². The lowest BCUT2D eigenvalue weighted by Gasteiger charge is -2.15. The lowest BCUT2D eigenvalue weighted by atomic mass is 10.0. The van der Waals surface area contributed by atoms with E-state index >= 15 is 0 Å². The minimum atomic E-state index is -4.58. The van der Waals surface area contributed by atoms with E-state index in [1.807, 2.05) is 6.92 Å². The number of aromatic nitrogens is 4. The van der Waals surface area contributed by atoms with Gasteiger partial charge in [-0.15, -0.1) is 5.10 Å². The first-order chi connectivity index (χ1) is 17.9. The molecule has 198 valence electrons. The van der Waals surface area contributed by atoms with Crippen LogP contribution in [0.2, 0.25) is 0 Å². The zero-order chi connectivity index (χ0) is 27.6. The van der Waals surface area contributed by atoms with Gasteiger partial charge in [-0.2, -0.15) is 13.2 Å². The highest BCUT2D eigenvalue weighted by molar-refractivity contribution is 7.19. The molecule has 2 heterocycles. The standard InChI is InChI=1S/C25H24F3N7O2S/c1-14-5-6-19(31-23(37)17-7-16(12-34(3)4)8-18(9-17)25(26,27)28)10-21(14)35-13-20(32-33-35)22-11-29-24(38-22)30-15(2)36/h5-11,13H,12H2,1-4H3,(H,31,37)(H,29,30,36). The molecule has 0 unspecified atom stereocenters. The molecule has 0 spiro atoms. The summed E-state index contributed by atoms with van der Waals surface area (Å²) in [5.74, 6) is -0.900. The fourth-order valence-corrected chi connectivity index (χ4v) is 4.49. The summed E-state index contributed by atoms with van der Waals surface area (Å²) in [6.45, 7) is 3.49. The van der Waals surface area contributed by atoms with Crippen molar-refractivity contribution < 1.29 is 22.8 Å². The largest absolute Gasteiger partial charge is 0.416 e. The van der Waals surface area contributed by atoms with Crippen LogP contribution in [0.4, 0.5) is 24.0 Å². The van der Waals surface area contributed by atoms with E-state index in [2.05, 4.69) is 25.9 Å². The van der Waals surface area contributed by atoms with Gasteiger partial charge in [-0.25, -0.2) is 9.67 Å². The Labute approximate surface area is 220 Å². The normalized spacial score (nSPS) is 11.6. The number of anilines is 2. The van der Waals surface area contributed by atoms with Crippen molar-refractivity contribution >= 4 is 34.0 Å². The molecule has 9 nitrogen and oxygen atoms in total. The van der Waals surface area contributed by atoms with Gasteiger partial charge < -0.3 is 15.5 Å². The Hall–Kier alpha value is -4.10. The molecule has 0 radical (unpaired) electrons. The fraction of sp³-hybridized carbons (Fsp3) is 0.240. The average Bonchev–Trinajstić information content (AvgIpc) is 3.48. The van der Waals surface area contributed by atoms with E-state index in [1.165, 1.54) is 29.0 Å². The number of carbonyl (C=O) groups excluding carboxylic acids is 2. The van der Waals surface area contributed by atoms with E-state index in [4.69, 9.17) is 0 Å². The van der Waals surface area contributed by atoms with Crippen LogP contribution >= 0.6 is 11.3 Å². The van der Waals surface area contributed by atoms with E-state index < -0.39 is 17.6 Å². The second-order valence-corrected chi connectivity index (χ2v) is 9.90. The quantitative estimate of drug-likeness (QED) is 0.340. The van der Waals surface area contributed by atoms with Crippen molar-refractivity contribution in [2.24, 2.45) is 0 Å². The van der Waals surface area contributed by atoms with Crippen molar-refractivity contribution in [2.45, 2.75) is 26.6 Å². The molecule has 4 rings (SSSR count). The molecule has 38 heavy (non-hydrogen) atoms. The van der Waals surface area contributed by atoms with E-state index in [0.717, 1.165) is 17.7 Å². The van der Waals surface area contributed by atoms with Crippen molar-refractivity contribution in [3.8, 4) is 16.3 Å². The number of carbonyl (C=O) groups is 2. The number of rotatable bonds is 7. The number of benzene rings is 2. The maximum atomic E-state index is 13.5. The molecule has 2 aromatic carbocycles. The number of halogens is 3. The van der Waals surface area contributed by atoms with Crippen molar-refractivity contribution in [2.75, 3.05) is 24.7 Å². The summed E-state index contributed by atoms with van der Waals surface area (Å²) in [6, 6.07) is 8.43. The molecule has 0 atom stereocenters. The number of nitrogens with one attached hydrogen (secondary N) is 2. The van der Waals surface area contributed by atoms with Gasteiger partial charge in [0.2, 0.25) is 5.91 Å². The Balaban J connectivity index is 1.59. The van der Waals surface area contributed by atoms with Gasteiger partial charge in [0.25, 0.3) is 5.91 Å². The highest BCUT2D eigenvalue weighted by Gasteiger charge is 2.32. The first kappa shape index (κ1) is 26.9. The summed E-state index contributed by atoms with van der Waals surface area (Å²) in [5, 5.41) is 14.1. The number of hydrogen-bond donors (Lipinski definition) is 2. The zero-order valence-electron chi connectivity index (χ0n) is 20.9. The van der Waals surface area contributed by atoms with Gasteiger partial charge in [0, 0.05) is 30.9 Å². The predicted octanol–water partition coefficient (Wildman–Crippen LogP) is 4.99. The van der Waals surface area contributed by atoms with Gasteiger partial charge in [0.15, 0.2) is 5.13 Å². The second kappa shape index (κ2) is 10.7. The van der Waals surface area contributed by atoms with Gasteiger partial charge in [-0.05, 0) is 62.5 Å². The minimum absolute atomic E-state index is 0.0954. The van der Waals surface area contributed by atoms with Crippen LogP contribution in [0, 0.1) is 6.92 Å². The molecule has 2 aromatic heterocycles. The third kappa shape index (κ3) is 6.42. The third-order valence-corrected chi connectivity index (χ3v) is 6.26. The summed E-state index contributed by atoms with van der Waals surface area (Å²) >= 11 is 1.24. The van der Waals surface area contributed by atoms with Crippen LogP contribution in [-0.2, 0) is 17.5 Å². The lowest BCUT2D eigenvalue weighted by Crippen LogP contribution is -2.17. The molecule has 0 saturated heterocycles. The topological polar surface area (TPSA) is 105 Å². The van der Waals surface area contributed by atoms with Crippen LogP contribution in [0.5, 0.6) is 0 Å². The van der Waals surface area contributed by atoms with Gasteiger partial charge in [-0.3, -0.25) is 9.59 Å². The number of nitrogens with zero attached hydrogens (tertiary/aromatic N) is 5. The van der Waals surface area contributed by atoms with Gasteiger partial charge >= 0.3 is 6.18 Å². The summed E-state index contributed by atoms with van der Waals surface area (Å²) < 4.78 is 41.9. The van der Waals surface area contributed by atoms with E-state index in [-0.39, 0.29) is 18.0 Å². The molecule has 13 heteroatoms. The SMILES string of the molecule is CC(=O)Nc1ncc(-c2cn(-c3cc(NC(=O)c4cc(CN(C)C)cc(C(F)(F)F)c4)ccc3C)nn2)s1. The van der Waals surface area contributed by atoms with Crippen LogP contribution in [0.1, 0.15) is 34.0 Å². The fourth-order valence-electron chi connectivity index (χ4n) is 3.68. The van der Waals surface area contributed by atoms with Crippen LogP contribution in [0.15, 0.2) is 48.8 Å². The minimum Gasteiger partial charge on any atom is -0.322 e. The highest BCUT2D eigenvalue weighted by atomic mass is 32.1. The van der Waals surface area contributed by atoms with Crippen molar-refractivity contribution in [1.82, 2.24) is 24.9 Å². The lowest BCUT2D eigenvalue weighted by molar-refractivity contribution is -0.137. The van der Waals surface area contributed by atoms with Crippen molar-refractivity contribution in [3.63, 3.8) is 0 Å². The first-order valence-corrected chi connectivity index (χ1v) is 12.1. The Morgan fingerprint density at radius 3 is 2.55 bits per heavy atom. The van der Waals surface area contributed by atoms with Crippen LogP contribution in [-0.4, -0.2) is 50.8 Å². The van der Waals surface area contributed by atoms with Crippen LogP contribution in [0.3, 0.4) is 0 Å². The summed E-state index contributed by atoms with van der Waals surface area (Å²) in [5.41, 5.74) is 1.75. The number of alkyl halides is 3. The summed E-state index contributed by atoms with van der Waals surface area (Å²) in [7, 11) is 3.47. The van der Waals surface area contributed by atoms with Gasteiger partial charge in [-0.1, -0.05) is 22.6 Å². The number of thiazole rings is 1. The van der Waals surface area contributed by atoms with E-state index in [1.54, 1.807) is 49.6 Å². The summed E-state index contributed by atoms with van der Waals surface area (Å²) in [6.07, 6.45) is -1.33. The number of hydrogen-bond acceptors (Lipinski definition) is 7. The molecule has 0 fully saturated rings. The van der Waals surface area contributed by atoms with Gasteiger partial charge in [0.05, 0.1) is 22.3 Å². The molecular formula is C25H24F3N7O2S. The molecule has 2 N–H and O–H groups in total. The number of amides is 2. The van der Waals surface area contributed by atoms with Crippen molar-refractivity contribution in [3.05, 3.63) is 71.0 Å². The Kier molecular flexibility index (Phi) is 7.60. The molecule has 0 aliphatic heterocycles. The highest BCUT2D eigenvalue weighted by Crippen LogP contribution is 2.32. The zero-order valence-corrected chi connectivity index (χ0v) is 21.7. The molecular weight excluding hydrogens is 519 g/mol. The molecule has 0 bridgehead atoms. The van der Waals surface area contributed by atoms with Crippen molar-refractivity contribution in [1.29, 1.82) is 0 Å². The monoisotopic (exact) mass is 543 g/mol. The maximum Gasteiger partial charge on any atom is 0.416 e. The average molecular weight is 544 g/mol. The third-order valence-electron chi connectivity index (χ3n) is 5.33. The molecule has 0 aliphatic rings. The predicted molar refractivity (Wildman–Crippen MR) is 138 cm³/mol. The Morgan fingerprint density at radius 1 is 1.11 bits per heavy atom. The summed E-state index contributed by atoms with van der Waals surface area (Å²) in [4.78, 5) is 30.8. The number of aryl methyl sites for hydroxylation is 1. The smallest absolute Gasteiger partial charge is 0.322 e. The molecule has 2 amide bonds.